The molecular weight excluding hydrogens is 498 g/mol. The highest BCUT2D eigenvalue weighted by Crippen LogP contribution is 2.47. The normalized spacial score (nSPS) is 20.1. The number of hydrogen-bond donors (Lipinski definition) is 1. The van der Waals surface area contributed by atoms with Crippen molar-refractivity contribution in [1.82, 2.24) is 10.2 Å². The molecule has 1 amide bonds. The molecular formula is C26H25N3O7S. The average molecular weight is 524 g/mol. The first-order valence-electron chi connectivity index (χ1n) is 11.5. The Kier molecular flexibility index (Phi) is 6.24. The third-order valence-corrected chi connectivity index (χ3v) is 7.18. The summed E-state index contributed by atoms with van der Waals surface area (Å²) in [5.41, 5.74) is 1.69. The van der Waals surface area contributed by atoms with Crippen molar-refractivity contribution >= 4 is 33.9 Å². The molecule has 5 rings (SSSR count). The number of rotatable bonds is 6. The lowest BCUT2D eigenvalue weighted by molar-refractivity contribution is -0.132. The van der Waals surface area contributed by atoms with Gasteiger partial charge < -0.3 is 24.1 Å². The number of aryl methyl sites for hydroxylation is 1. The van der Waals surface area contributed by atoms with Crippen LogP contribution < -0.4 is 23.8 Å². The third kappa shape index (κ3) is 4.05. The Balaban J connectivity index is 1.74. The van der Waals surface area contributed by atoms with E-state index in [-0.39, 0.29) is 22.6 Å². The Bertz CT molecular complexity index is 1420. The van der Waals surface area contributed by atoms with Crippen molar-refractivity contribution in [2.45, 2.75) is 32.4 Å². The second-order valence-corrected chi connectivity index (χ2v) is 9.85. The Morgan fingerprint density at radius 2 is 1.78 bits per heavy atom. The summed E-state index contributed by atoms with van der Waals surface area (Å²) < 4.78 is 22.2. The van der Waals surface area contributed by atoms with Gasteiger partial charge >= 0.3 is 5.91 Å². The van der Waals surface area contributed by atoms with Crippen molar-refractivity contribution in [2.75, 3.05) is 26.2 Å². The summed E-state index contributed by atoms with van der Waals surface area (Å²) in [7, 11) is 4.42. The molecule has 10 nitrogen and oxygen atoms in total. The topological polar surface area (TPSA) is 120 Å². The van der Waals surface area contributed by atoms with E-state index in [1.54, 1.807) is 37.3 Å². The molecule has 1 saturated heterocycles. The van der Waals surface area contributed by atoms with Crippen LogP contribution in [0.15, 0.2) is 35.9 Å². The number of benzene rings is 2. The smallest absolute Gasteiger partial charge is 0.301 e. The maximum absolute atomic E-state index is 13.4. The second-order valence-electron chi connectivity index (χ2n) is 8.69. The summed E-state index contributed by atoms with van der Waals surface area (Å²) in [4.78, 5) is 28.1. The van der Waals surface area contributed by atoms with Crippen LogP contribution in [0.5, 0.6) is 23.0 Å². The quantitative estimate of drug-likeness (QED) is 0.292. The molecule has 192 valence electrons. The number of aliphatic hydroxyl groups is 1. The van der Waals surface area contributed by atoms with Crippen LogP contribution in [0.25, 0.3) is 5.76 Å². The maximum atomic E-state index is 13.4. The van der Waals surface area contributed by atoms with Crippen molar-refractivity contribution in [3.05, 3.63) is 57.6 Å². The molecule has 0 radical (unpaired) electrons. The summed E-state index contributed by atoms with van der Waals surface area (Å²) in [5.74, 6) is -0.216. The van der Waals surface area contributed by atoms with Gasteiger partial charge in [0.25, 0.3) is 5.78 Å². The van der Waals surface area contributed by atoms with E-state index in [4.69, 9.17) is 18.9 Å². The highest BCUT2D eigenvalue weighted by molar-refractivity contribution is 7.15. The van der Waals surface area contributed by atoms with Gasteiger partial charge in [-0.2, -0.15) is 0 Å². The van der Waals surface area contributed by atoms with Crippen molar-refractivity contribution in [3.8, 4) is 23.0 Å². The number of Topliss-reactive ketones (excluding diaryl/α,β-unsaturated/α-hetero) is 1. The molecule has 2 aromatic carbocycles. The van der Waals surface area contributed by atoms with E-state index in [0.29, 0.717) is 39.8 Å². The largest absolute Gasteiger partial charge is 0.507 e. The number of carbonyl (C=O) groups is 2. The minimum atomic E-state index is -1.02. The van der Waals surface area contributed by atoms with Gasteiger partial charge in [-0.25, -0.2) is 0 Å². The zero-order valence-corrected chi connectivity index (χ0v) is 21.7. The fraction of sp³-hybridized carbons (Fsp3) is 0.308. The van der Waals surface area contributed by atoms with Gasteiger partial charge in [-0.15, -0.1) is 10.2 Å². The molecule has 2 aliphatic heterocycles. The van der Waals surface area contributed by atoms with Gasteiger partial charge in [-0.3, -0.25) is 14.5 Å². The number of ether oxygens (including phenoxy) is 4. The second kappa shape index (κ2) is 9.40. The maximum Gasteiger partial charge on any atom is 0.301 e. The lowest BCUT2D eigenvalue weighted by Gasteiger charge is -2.24. The molecule has 3 aromatic rings. The number of nitrogens with zero attached hydrogens (tertiary/aromatic N) is 3. The number of methoxy groups -OCH3 is 3. The summed E-state index contributed by atoms with van der Waals surface area (Å²) in [6.45, 7) is 3.71. The molecule has 0 bridgehead atoms. The number of carbonyl (C=O) groups excluding carboxylic acids is 2. The van der Waals surface area contributed by atoms with E-state index in [2.05, 4.69) is 10.2 Å². The summed E-state index contributed by atoms with van der Waals surface area (Å²) in [5, 5.41) is 20.5. The van der Waals surface area contributed by atoms with Crippen molar-refractivity contribution in [3.63, 3.8) is 0 Å². The number of anilines is 1. The fourth-order valence-electron chi connectivity index (χ4n) is 4.71. The molecule has 0 spiro atoms. The van der Waals surface area contributed by atoms with Crippen LogP contribution in [0.2, 0.25) is 0 Å². The predicted molar refractivity (Wildman–Crippen MR) is 136 cm³/mol. The van der Waals surface area contributed by atoms with E-state index in [9.17, 15) is 14.7 Å². The van der Waals surface area contributed by atoms with Crippen LogP contribution >= 0.6 is 11.3 Å². The molecule has 1 N–H and O–H groups in total. The molecule has 1 fully saturated rings. The van der Waals surface area contributed by atoms with Crippen LogP contribution in [0.1, 0.15) is 34.7 Å². The van der Waals surface area contributed by atoms with E-state index in [0.717, 1.165) is 11.3 Å². The number of amides is 1. The van der Waals surface area contributed by atoms with Crippen LogP contribution in [-0.4, -0.2) is 54.4 Å². The van der Waals surface area contributed by atoms with Crippen LogP contribution in [0.3, 0.4) is 0 Å². The minimum absolute atomic E-state index is 0.0119. The molecule has 2 atom stereocenters. The van der Waals surface area contributed by atoms with Gasteiger partial charge in [0.1, 0.15) is 22.6 Å². The summed E-state index contributed by atoms with van der Waals surface area (Å²) >= 11 is 1.17. The average Bonchev–Trinajstić information content (AvgIpc) is 3.56. The number of aromatic nitrogens is 2. The minimum Gasteiger partial charge on any atom is -0.507 e. The van der Waals surface area contributed by atoms with Gasteiger partial charge in [0.05, 0.1) is 32.9 Å². The number of ketones is 1. The first-order valence-corrected chi connectivity index (χ1v) is 12.3. The zero-order chi connectivity index (χ0) is 26.4. The van der Waals surface area contributed by atoms with Crippen molar-refractivity contribution in [2.24, 2.45) is 0 Å². The number of hydrogen-bond acceptors (Lipinski definition) is 10. The van der Waals surface area contributed by atoms with Crippen molar-refractivity contribution in [1.29, 1.82) is 0 Å². The van der Waals surface area contributed by atoms with E-state index >= 15 is 0 Å². The number of fused-ring (bicyclic) bond motifs is 1. The highest BCUT2D eigenvalue weighted by atomic mass is 32.1. The van der Waals surface area contributed by atoms with E-state index in [1.807, 2.05) is 6.92 Å². The summed E-state index contributed by atoms with van der Waals surface area (Å²) in [6, 6.07) is 7.47. The Morgan fingerprint density at radius 3 is 2.38 bits per heavy atom. The Hall–Kier alpha value is -4.12. The van der Waals surface area contributed by atoms with Gasteiger partial charge in [-0.1, -0.05) is 11.3 Å². The van der Waals surface area contributed by atoms with Gasteiger partial charge in [0, 0.05) is 12.0 Å². The van der Waals surface area contributed by atoms with E-state index < -0.39 is 17.7 Å². The Labute approximate surface area is 217 Å². The van der Waals surface area contributed by atoms with Gasteiger partial charge in [0.2, 0.25) is 10.9 Å². The SMILES string of the molecule is COc1cc([C@@H]2C(=C(O)c3ccc4c(c3)C[C@H](C)O4)C(=O)C(=O)N2c2nnc(C)s2)cc(OC)c1OC. The summed E-state index contributed by atoms with van der Waals surface area (Å²) in [6.07, 6.45) is 0.684. The van der Waals surface area contributed by atoms with Crippen LogP contribution in [0.4, 0.5) is 5.13 Å². The zero-order valence-electron chi connectivity index (χ0n) is 20.9. The first kappa shape index (κ1) is 24.6. The molecule has 1 aromatic heterocycles. The van der Waals surface area contributed by atoms with E-state index in [1.165, 1.54) is 37.6 Å². The highest BCUT2D eigenvalue weighted by Gasteiger charge is 2.49. The lowest BCUT2D eigenvalue weighted by atomic mass is 9.94. The molecule has 0 aliphatic carbocycles. The fourth-order valence-corrected chi connectivity index (χ4v) is 5.43. The lowest BCUT2D eigenvalue weighted by Crippen LogP contribution is -2.29. The molecule has 2 aliphatic rings. The molecule has 3 heterocycles. The number of aliphatic hydroxyl groups excluding tert-OH is 1. The Morgan fingerprint density at radius 1 is 1.08 bits per heavy atom. The molecule has 37 heavy (non-hydrogen) atoms. The first-order chi connectivity index (χ1) is 17.8. The molecule has 11 heteroatoms. The monoisotopic (exact) mass is 523 g/mol. The van der Waals surface area contributed by atoms with Crippen LogP contribution in [-0.2, 0) is 16.0 Å². The molecule has 0 unspecified atom stereocenters. The van der Waals surface area contributed by atoms with Crippen LogP contribution in [0, 0.1) is 6.92 Å². The standard InChI is InChI=1S/C26H25N3O7S/c1-12-8-15-9-14(6-7-17(15)36-12)22(30)20-21(16-10-18(33-3)24(35-5)19(11-16)34-4)29(25(32)23(20)31)26-28-27-13(2)37-26/h6-7,9-12,21,30H,8H2,1-5H3/t12-,21+/m0/s1. The third-order valence-electron chi connectivity index (χ3n) is 6.34. The van der Waals surface area contributed by atoms with Gasteiger partial charge in [-0.05, 0) is 55.3 Å². The molecule has 0 saturated carbocycles. The predicted octanol–water partition coefficient (Wildman–Crippen LogP) is 3.82. The van der Waals surface area contributed by atoms with Crippen molar-refractivity contribution < 1.29 is 33.6 Å². The van der Waals surface area contributed by atoms with Gasteiger partial charge in [0.15, 0.2) is 11.5 Å².